The number of fused-ring (bicyclic) bond motifs is 1. The molecular weight excluding hydrogens is 382 g/mol. The molecule has 0 atom stereocenters. The second-order valence-electron chi connectivity index (χ2n) is 6.70. The van der Waals surface area contributed by atoms with E-state index in [9.17, 15) is 19.7 Å². The Morgan fingerprint density at radius 3 is 2.75 bits per heavy atom. The number of primary amides is 1. The summed E-state index contributed by atoms with van der Waals surface area (Å²) in [6.45, 7) is 1.32. The number of amides is 2. The van der Waals surface area contributed by atoms with E-state index in [0.29, 0.717) is 10.6 Å². The molecule has 148 valence electrons. The van der Waals surface area contributed by atoms with Crippen LogP contribution in [0.3, 0.4) is 0 Å². The van der Waals surface area contributed by atoms with Gasteiger partial charge in [0.2, 0.25) is 0 Å². The molecule has 1 aliphatic carbocycles. The Hall–Kier alpha value is -2.94. The van der Waals surface area contributed by atoms with E-state index in [1.807, 2.05) is 0 Å². The van der Waals surface area contributed by atoms with Crippen LogP contribution in [0.4, 0.5) is 10.7 Å². The number of benzene rings is 1. The number of ether oxygens (including phenoxy) is 1. The van der Waals surface area contributed by atoms with Crippen LogP contribution in [0.15, 0.2) is 18.2 Å². The van der Waals surface area contributed by atoms with Crippen LogP contribution in [0, 0.1) is 17.0 Å². The number of nitro groups is 1. The van der Waals surface area contributed by atoms with Crippen molar-refractivity contribution >= 4 is 33.8 Å². The van der Waals surface area contributed by atoms with Crippen LogP contribution >= 0.6 is 11.3 Å². The third-order valence-corrected chi connectivity index (χ3v) is 5.80. The summed E-state index contributed by atoms with van der Waals surface area (Å²) >= 11 is 1.37. The van der Waals surface area contributed by atoms with E-state index in [0.717, 1.165) is 48.1 Å². The van der Waals surface area contributed by atoms with E-state index in [1.165, 1.54) is 23.5 Å². The third-order valence-electron chi connectivity index (χ3n) is 4.59. The van der Waals surface area contributed by atoms with Crippen molar-refractivity contribution in [2.24, 2.45) is 5.73 Å². The third kappa shape index (κ3) is 4.30. The normalized spacial score (nSPS) is 13.3. The Kier molecular flexibility index (Phi) is 5.93. The first-order chi connectivity index (χ1) is 13.4. The summed E-state index contributed by atoms with van der Waals surface area (Å²) in [5.41, 5.74) is 7.37. The minimum Gasteiger partial charge on any atom is -0.477 e. The highest BCUT2D eigenvalue weighted by Gasteiger charge is 2.24. The summed E-state index contributed by atoms with van der Waals surface area (Å²) in [7, 11) is 0. The molecule has 0 spiro atoms. The van der Waals surface area contributed by atoms with Crippen LogP contribution < -0.4 is 15.8 Å². The lowest BCUT2D eigenvalue weighted by molar-refractivity contribution is -0.385. The van der Waals surface area contributed by atoms with Crippen LogP contribution in [0.5, 0.6) is 5.75 Å². The fourth-order valence-corrected chi connectivity index (χ4v) is 4.60. The smallest absolute Gasteiger partial charge is 0.311 e. The van der Waals surface area contributed by atoms with Crippen molar-refractivity contribution in [3.8, 4) is 5.75 Å². The maximum absolute atomic E-state index is 12.3. The summed E-state index contributed by atoms with van der Waals surface area (Å²) < 4.78 is 5.34. The lowest BCUT2D eigenvalue weighted by Gasteiger charge is -2.09. The zero-order valence-electron chi connectivity index (χ0n) is 15.4. The quantitative estimate of drug-likeness (QED) is 0.435. The molecule has 28 heavy (non-hydrogen) atoms. The average Bonchev–Trinajstić information content (AvgIpc) is 2.81. The zero-order chi connectivity index (χ0) is 20.3. The number of carbonyl (C=O) groups excluding carboxylic acids is 2. The highest BCUT2D eigenvalue weighted by Crippen LogP contribution is 2.37. The van der Waals surface area contributed by atoms with E-state index >= 15 is 0 Å². The first-order valence-corrected chi connectivity index (χ1v) is 9.80. The highest BCUT2D eigenvalue weighted by molar-refractivity contribution is 7.17. The molecule has 0 saturated carbocycles. The lowest BCUT2D eigenvalue weighted by Crippen LogP contribution is -2.22. The number of hydrogen-bond donors (Lipinski definition) is 2. The molecule has 0 aliphatic heterocycles. The van der Waals surface area contributed by atoms with E-state index < -0.39 is 23.3 Å². The molecule has 9 heteroatoms. The molecule has 3 N–H and O–H groups in total. The van der Waals surface area contributed by atoms with Gasteiger partial charge >= 0.3 is 5.69 Å². The van der Waals surface area contributed by atoms with Crippen LogP contribution in [-0.4, -0.2) is 23.3 Å². The topological polar surface area (TPSA) is 125 Å². The van der Waals surface area contributed by atoms with Gasteiger partial charge in [0.15, 0.2) is 12.4 Å². The van der Waals surface area contributed by atoms with Gasteiger partial charge in [0.05, 0.1) is 10.5 Å². The van der Waals surface area contributed by atoms with Crippen LogP contribution in [0.25, 0.3) is 0 Å². The van der Waals surface area contributed by atoms with Gasteiger partial charge in [-0.1, -0.05) is 12.5 Å². The second-order valence-corrected chi connectivity index (χ2v) is 7.80. The van der Waals surface area contributed by atoms with Gasteiger partial charge in [0.1, 0.15) is 5.00 Å². The summed E-state index contributed by atoms with van der Waals surface area (Å²) in [6, 6.07) is 4.51. The van der Waals surface area contributed by atoms with Crippen LogP contribution in [-0.2, 0) is 17.6 Å². The molecule has 1 aromatic carbocycles. The summed E-state index contributed by atoms with van der Waals surface area (Å²) in [5.74, 6) is -1.05. The SMILES string of the molecule is Cc1ccc(OCC(=O)Nc2sc3c(c2C(N)=O)CCCCC3)c([N+](=O)[O-])c1. The number of hydrogen-bond acceptors (Lipinski definition) is 6. The van der Waals surface area contributed by atoms with Gasteiger partial charge in [0.25, 0.3) is 11.8 Å². The summed E-state index contributed by atoms with van der Waals surface area (Å²) in [5, 5.41) is 14.3. The fraction of sp³-hybridized carbons (Fsp3) is 0.368. The number of nitrogens with one attached hydrogen (secondary N) is 1. The Morgan fingerprint density at radius 1 is 1.29 bits per heavy atom. The van der Waals surface area contributed by atoms with Crippen LogP contribution in [0.2, 0.25) is 0 Å². The Bertz CT molecular complexity index is 938. The van der Waals surface area contributed by atoms with Crippen molar-refractivity contribution in [3.05, 3.63) is 49.9 Å². The molecule has 1 aromatic heterocycles. The highest BCUT2D eigenvalue weighted by atomic mass is 32.1. The molecule has 0 saturated heterocycles. The summed E-state index contributed by atoms with van der Waals surface area (Å²) in [6.07, 6.45) is 4.76. The van der Waals surface area contributed by atoms with E-state index in [4.69, 9.17) is 10.5 Å². The standard InChI is InChI=1S/C19H21N3O5S/c1-11-7-8-14(13(9-11)22(25)26)27-10-16(23)21-19-17(18(20)24)12-5-3-2-4-6-15(12)28-19/h7-9H,2-6,10H2,1H3,(H2,20,24)(H,21,23). The zero-order valence-corrected chi connectivity index (χ0v) is 16.3. The fourth-order valence-electron chi connectivity index (χ4n) is 3.29. The molecule has 0 unspecified atom stereocenters. The number of rotatable bonds is 6. The van der Waals surface area contributed by atoms with Gasteiger partial charge in [0, 0.05) is 10.9 Å². The van der Waals surface area contributed by atoms with Crippen LogP contribution in [0.1, 0.15) is 45.6 Å². The van der Waals surface area contributed by atoms with Gasteiger partial charge in [-0.3, -0.25) is 19.7 Å². The minimum absolute atomic E-state index is 0.0165. The monoisotopic (exact) mass is 403 g/mol. The Balaban J connectivity index is 1.74. The first-order valence-electron chi connectivity index (χ1n) is 8.99. The van der Waals surface area contributed by atoms with Gasteiger partial charge in [-0.05, 0) is 49.8 Å². The molecule has 0 bridgehead atoms. The van der Waals surface area contributed by atoms with Gasteiger partial charge in [-0.15, -0.1) is 11.3 Å². The Morgan fingerprint density at radius 2 is 2.04 bits per heavy atom. The molecular formula is C19H21N3O5S. The van der Waals surface area contributed by atoms with Gasteiger partial charge in [-0.25, -0.2) is 0 Å². The number of thiophene rings is 1. The van der Waals surface area contributed by atoms with Gasteiger partial charge in [-0.2, -0.15) is 0 Å². The van der Waals surface area contributed by atoms with Crippen molar-refractivity contribution < 1.29 is 19.2 Å². The van der Waals surface area contributed by atoms with Gasteiger partial charge < -0.3 is 15.8 Å². The number of anilines is 1. The number of aryl methyl sites for hydroxylation is 2. The van der Waals surface area contributed by atoms with Crippen molar-refractivity contribution in [1.82, 2.24) is 0 Å². The molecule has 1 aliphatic rings. The maximum atomic E-state index is 12.3. The predicted molar refractivity (Wildman–Crippen MR) is 106 cm³/mol. The number of carbonyl (C=O) groups is 2. The number of nitrogens with zero attached hydrogens (tertiary/aromatic N) is 1. The van der Waals surface area contributed by atoms with E-state index in [-0.39, 0.29) is 11.4 Å². The summed E-state index contributed by atoms with van der Waals surface area (Å²) in [4.78, 5) is 36.0. The Labute approximate surface area is 165 Å². The van der Waals surface area contributed by atoms with Crippen molar-refractivity contribution in [1.29, 1.82) is 0 Å². The number of nitro benzene ring substituents is 1. The first kappa shape index (κ1) is 19.8. The molecule has 2 aromatic rings. The van der Waals surface area contributed by atoms with E-state index in [1.54, 1.807) is 13.0 Å². The molecule has 1 heterocycles. The maximum Gasteiger partial charge on any atom is 0.311 e. The van der Waals surface area contributed by atoms with E-state index in [2.05, 4.69) is 5.32 Å². The minimum atomic E-state index is -0.565. The lowest BCUT2D eigenvalue weighted by atomic mass is 10.1. The largest absolute Gasteiger partial charge is 0.477 e. The molecule has 0 fully saturated rings. The molecule has 8 nitrogen and oxygen atoms in total. The van der Waals surface area contributed by atoms with Crippen molar-refractivity contribution in [3.63, 3.8) is 0 Å². The van der Waals surface area contributed by atoms with Crippen molar-refractivity contribution in [2.45, 2.75) is 39.0 Å². The molecule has 3 rings (SSSR count). The predicted octanol–water partition coefficient (Wildman–Crippen LogP) is 3.35. The second kappa shape index (κ2) is 8.39. The van der Waals surface area contributed by atoms with Crippen molar-refractivity contribution in [2.75, 3.05) is 11.9 Å². The average molecular weight is 403 g/mol. The molecule has 0 radical (unpaired) electrons. The molecule has 2 amide bonds. The number of nitrogens with two attached hydrogens (primary N) is 1.